The minimum Gasteiger partial charge on any atom is -0.378 e. The Kier molecular flexibility index (Phi) is 3.57. The van der Waals surface area contributed by atoms with Crippen molar-refractivity contribution in [2.45, 2.75) is 18.7 Å². The van der Waals surface area contributed by atoms with Gasteiger partial charge < -0.3 is 4.18 Å². The van der Waals surface area contributed by atoms with Crippen molar-refractivity contribution in [1.82, 2.24) is 0 Å². The fourth-order valence-electron chi connectivity index (χ4n) is 1.69. The Morgan fingerprint density at radius 3 is 2.00 bits per heavy atom. The standard InChI is InChI=1S/C14H13FO3S/c1-10-4-3-5-11(2)14(10)18-19(16,17)13-8-6-12(15)7-9-13/h3-9H,1-2H3. The molecular weight excluding hydrogens is 267 g/mol. The predicted molar refractivity (Wildman–Crippen MR) is 70.1 cm³/mol. The van der Waals surface area contributed by atoms with Crippen LogP contribution in [-0.2, 0) is 10.1 Å². The molecule has 0 atom stereocenters. The van der Waals surface area contributed by atoms with Crippen LogP contribution in [0.5, 0.6) is 5.75 Å². The van der Waals surface area contributed by atoms with Gasteiger partial charge in [-0.15, -0.1) is 0 Å². The van der Waals surface area contributed by atoms with E-state index in [2.05, 4.69) is 0 Å². The Bertz CT molecular complexity index is 671. The summed E-state index contributed by atoms with van der Waals surface area (Å²) < 4.78 is 42.1. The summed E-state index contributed by atoms with van der Waals surface area (Å²) in [6.07, 6.45) is 0. The molecule has 0 saturated heterocycles. The number of aryl methyl sites for hydroxylation is 2. The second-order valence-corrected chi connectivity index (χ2v) is 5.76. The summed E-state index contributed by atoms with van der Waals surface area (Å²) in [7, 11) is -3.94. The second kappa shape index (κ2) is 5.01. The Hall–Kier alpha value is -1.88. The number of hydrogen-bond acceptors (Lipinski definition) is 3. The molecule has 2 aromatic rings. The van der Waals surface area contributed by atoms with Crippen molar-refractivity contribution < 1.29 is 17.0 Å². The first-order valence-electron chi connectivity index (χ1n) is 5.66. The van der Waals surface area contributed by atoms with Gasteiger partial charge in [-0.2, -0.15) is 8.42 Å². The highest BCUT2D eigenvalue weighted by Crippen LogP contribution is 2.26. The maximum atomic E-state index is 12.8. The van der Waals surface area contributed by atoms with Crippen molar-refractivity contribution in [3.63, 3.8) is 0 Å². The van der Waals surface area contributed by atoms with Crippen molar-refractivity contribution in [2.24, 2.45) is 0 Å². The lowest BCUT2D eigenvalue weighted by Gasteiger charge is -2.11. The number of halogens is 1. The monoisotopic (exact) mass is 280 g/mol. The van der Waals surface area contributed by atoms with Crippen molar-refractivity contribution in [1.29, 1.82) is 0 Å². The smallest absolute Gasteiger partial charge is 0.339 e. The molecule has 0 N–H and O–H groups in total. The third kappa shape index (κ3) is 2.93. The zero-order chi connectivity index (χ0) is 14.0. The lowest BCUT2D eigenvalue weighted by atomic mass is 10.1. The largest absolute Gasteiger partial charge is 0.378 e. The van der Waals surface area contributed by atoms with Crippen molar-refractivity contribution in [3.05, 3.63) is 59.4 Å². The fraction of sp³-hybridized carbons (Fsp3) is 0.143. The maximum Gasteiger partial charge on any atom is 0.339 e. The van der Waals surface area contributed by atoms with E-state index < -0.39 is 15.9 Å². The molecule has 0 saturated carbocycles. The molecule has 0 aliphatic rings. The molecule has 0 aliphatic heterocycles. The average molecular weight is 280 g/mol. The first-order chi connectivity index (χ1) is 8.90. The Morgan fingerprint density at radius 2 is 1.47 bits per heavy atom. The summed E-state index contributed by atoms with van der Waals surface area (Å²) in [6.45, 7) is 3.53. The molecule has 0 amide bonds. The third-order valence-corrected chi connectivity index (χ3v) is 3.94. The van der Waals surface area contributed by atoms with Crippen molar-refractivity contribution >= 4 is 10.1 Å². The molecule has 0 bridgehead atoms. The first-order valence-corrected chi connectivity index (χ1v) is 7.07. The van der Waals surface area contributed by atoms with E-state index in [1.54, 1.807) is 26.0 Å². The zero-order valence-electron chi connectivity index (χ0n) is 10.6. The molecule has 2 rings (SSSR count). The quantitative estimate of drug-likeness (QED) is 0.811. The maximum absolute atomic E-state index is 12.8. The number of hydrogen-bond donors (Lipinski definition) is 0. The zero-order valence-corrected chi connectivity index (χ0v) is 11.4. The summed E-state index contributed by atoms with van der Waals surface area (Å²) >= 11 is 0. The van der Waals surface area contributed by atoms with E-state index in [4.69, 9.17) is 4.18 Å². The number of para-hydroxylation sites is 1. The molecule has 100 valence electrons. The first kappa shape index (κ1) is 13.5. The minimum atomic E-state index is -3.94. The van der Waals surface area contributed by atoms with Crippen molar-refractivity contribution in [3.8, 4) is 5.75 Å². The van der Waals surface area contributed by atoms with E-state index >= 15 is 0 Å². The topological polar surface area (TPSA) is 43.4 Å². The van der Waals surface area contributed by atoms with Gasteiger partial charge in [0.2, 0.25) is 0 Å². The van der Waals surface area contributed by atoms with Crippen LogP contribution < -0.4 is 4.18 Å². The molecule has 0 aliphatic carbocycles. The van der Waals surface area contributed by atoms with Crippen LogP contribution in [0.3, 0.4) is 0 Å². The fourth-order valence-corrected chi connectivity index (χ4v) is 2.74. The van der Waals surface area contributed by atoms with Gasteiger partial charge in [0.05, 0.1) is 0 Å². The second-order valence-electron chi connectivity index (χ2n) is 4.21. The highest BCUT2D eigenvalue weighted by molar-refractivity contribution is 7.87. The van der Waals surface area contributed by atoms with Gasteiger partial charge in [0.25, 0.3) is 0 Å². The van der Waals surface area contributed by atoms with Crippen LogP contribution in [0.15, 0.2) is 47.4 Å². The van der Waals surface area contributed by atoms with Crippen LogP contribution in [0, 0.1) is 19.7 Å². The lowest BCUT2D eigenvalue weighted by Crippen LogP contribution is -2.11. The molecule has 0 fully saturated rings. The third-order valence-electron chi connectivity index (χ3n) is 2.70. The van der Waals surface area contributed by atoms with E-state index in [1.807, 2.05) is 6.07 Å². The highest BCUT2D eigenvalue weighted by Gasteiger charge is 2.18. The molecule has 19 heavy (non-hydrogen) atoms. The molecule has 0 heterocycles. The SMILES string of the molecule is Cc1cccc(C)c1OS(=O)(=O)c1ccc(F)cc1. The summed E-state index contributed by atoms with van der Waals surface area (Å²) in [6, 6.07) is 9.88. The summed E-state index contributed by atoms with van der Waals surface area (Å²) in [5, 5.41) is 0. The van der Waals surface area contributed by atoms with Crippen LogP contribution in [0.25, 0.3) is 0 Å². The van der Waals surface area contributed by atoms with Crippen LogP contribution in [0.2, 0.25) is 0 Å². The molecule has 0 radical (unpaired) electrons. The van der Waals surface area contributed by atoms with Crippen molar-refractivity contribution in [2.75, 3.05) is 0 Å². The van der Waals surface area contributed by atoms with E-state index in [0.717, 1.165) is 23.3 Å². The Morgan fingerprint density at radius 1 is 0.947 bits per heavy atom. The molecule has 0 aromatic heterocycles. The van der Waals surface area contributed by atoms with Gasteiger partial charge in [0.15, 0.2) is 0 Å². The van der Waals surface area contributed by atoms with Crippen LogP contribution in [0.4, 0.5) is 4.39 Å². The Balaban J connectivity index is 2.39. The lowest BCUT2D eigenvalue weighted by molar-refractivity contribution is 0.482. The van der Waals surface area contributed by atoms with Crippen LogP contribution in [-0.4, -0.2) is 8.42 Å². The van der Waals surface area contributed by atoms with E-state index in [-0.39, 0.29) is 4.90 Å². The predicted octanol–water partition coefficient (Wildman–Crippen LogP) is 3.21. The minimum absolute atomic E-state index is 0.0726. The normalized spacial score (nSPS) is 11.3. The average Bonchev–Trinajstić information content (AvgIpc) is 2.35. The molecule has 3 nitrogen and oxygen atoms in total. The van der Waals surface area contributed by atoms with Gasteiger partial charge in [-0.3, -0.25) is 0 Å². The Labute approximate surface area is 111 Å². The summed E-state index contributed by atoms with van der Waals surface area (Å²) in [5.74, 6) is -0.183. The summed E-state index contributed by atoms with van der Waals surface area (Å²) in [5.41, 5.74) is 1.45. The van der Waals surface area contributed by atoms with Crippen LogP contribution in [0.1, 0.15) is 11.1 Å². The van der Waals surface area contributed by atoms with Gasteiger partial charge in [-0.05, 0) is 49.2 Å². The van der Waals surface area contributed by atoms with E-state index in [9.17, 15) is 12.8 Å². The molecule has 0 unspecified atom stereocenters. The molecule has 5 heteroatoms. The van der Waals surface area contributed by atoms with E-state index in [0.29, 0.717) is 5.75 Å². The molecule has 2 aromatic carbocycles. The van der Waals surface area contributed by atoms with Gasteiger partial charge in [0, 0.05) is 0 Å². The van der Waals surface area contributed by atoms with Crippen LogP contribution >= 0.6 is 0 Å². The molecule has 0 spiro atoms. The van der Waals surface area contributed by atoms with E-state index in [1.165, 1.54) is 12.1 Å². The number of benzene rings is 2. The van der Waals surface area contributed by atoms with Gasteiger partial charge >= 0.3 is 10.1 Å². The van der Waals surface area contributed by atoms with Gasteiger partial charge in [-0.25, -0.2) is 4.39 Å². The number of rotatable bonds is 3. The summed E-state index contributed by atoms with van der Waals surface area (Å²) in [4.78, 5) is -0.0726. The molecular formula is C14H13FO3S. The van der Waals surface area contributed by atoms with Gasteiger partial charge in [-0.1, -0.05) is 18.2 Å². The van der Waals surface area contributed by atoms with Gasteiger partial charge in [0.1, 0.15) is 16.5 Å². The highest BCUT2D eigenvalue weighted by atomic mass is 32.2.